The molecule has 1 heterocycles. The fourth-order valence-corrected chi connectivity index (χ4v) is 3.03. The van der Waals surface area contributed by atoms with Crippen molar-refractivity contribution in [2.45, 2.75) is 71.8 Å². The summed E-state index contributed by atoms with van der Waals surface area (Å²) in [4.78, 5) is 12.5. The molecule has 0 N–H and O–H groups in total. The summed E-state index contributed by atoms with van der Waals surface area (Å²) in [5.74, 6) is 0.725. The molecule has 0 saturated carbocycles. The molecule has 0 aliphatic rings. The van der Waals surface area contributed by atoms with Crippen LogP contribution in [0.15, 0.2) is 35.1 Å². The van der Waals surface area contributed by atoms with Crippen molar-refractivity contribution in [3.05, 3.63) is 40.7 Å². The zero-order valence-corrected chi connectivity index (χ0v) is 15.2. The number of hydrogen-bond acceptors (Lipinski definition) is 2. The van der Waals surface area contributed by atoms with Crippen LogP contribution in [0.3, 0.4) is 0 Å². The number of rotatable bonds is 11. The Balaban J connectivity index is 2.11. The molecule has 132 valence electrons. The maximum atomic E-state index is 12.5. The van der Waals surface area contributed by atoms with E-state index in [9.17, 15) is 4.79 Å². The summed E-state index contributed by atoms with van der Waals surface area (Å²) in [6.45, 7) is 5.83. The van der Waals surface area contributed by atoms with Gasteiger partial charge >= 0.3 is 0 Å². The first-order valence-corrected chi connectivity index (χ1v) is 9.53. The average Bonchev–Trinajstić information content (AvgIpc) is 2.60. The van der Waals surface area contributed by atoms with Crippen LogP contribution in [-0.2, 0) is 6.54 Å². The predicted molar refractivity (Wildman–Crippen MR) is 102 cm³/mol. The van der Waals surface area contributed by atoms with Crippen LogP contribution in [0.25, 0.3) is 10.9 Å². The maximum absolute atomic E-state index is 12.5. The third-order valence-corrected chi connectivity index (χ3v) is 4.47. The molecule has 0 fully saturated rings. The van der Waals surface area contributed by atoms with E-state index in [-0.39, 0.29) is 5.56 Å². The lowest BCUT2D eigenvalue weighted by Gasteiger charge is -2.14. The largest absolute Gasteiger partial charge is 0.493 e. The van der Waals surface area contributed by atoms with Crippen LogP contribution in [0, 0.1) is 0 Å². The number of benzene rings is 1. The van der Waals surface area contributed by atoms with Crippen LogP contribution in [0.2, 0.25) is 0 Å². The number of hydrogen-bond donors (Lipinski definition) is 0. The van der Waals surface area contributed by atoms with E-state index in [1.54, 1.807) is 6.07 Å². The van der Waals surface area contributed by atoms with Gasteiger partial charge in [-0.05, 0) is 25.0 Å². The number of ether oxygens (including phenoxy) is 1. The Morgan fingerprint density at radius 3 is 2.42 bits per heavy atom. The zero-order chi connectivity index (χ0) is 17.2. The van der Waals surface area contributed by atoms with E-state index in [2.05, 4.69) is 13.8 Å². The molecule has 0 aliphatic heterocycles. The monoisotopic (exact) mass is 329 g/mol. The van der Waals surface area contributed by atoms with Gasteiger partial charge in [-0.1, -0.05) is 64.5 Å². The second kappa shape index (κ2) is 10.2. The second-order valence-corrected chi connectivity index (χ2v) is 6.49. The van der Waals surface area contributed by atoms with Crippen LogP contribution in [0.1, 0.15) is 65.2 Å². The highest BCUT2D eigenvalue weighted by molar-refractivity contribution is 5.85. The summed E-state index contributed by atoms with van der Waals surface area (Å²) >= 11 is 0. The third kappa shape index (κ3) is 5.12. The molecule has 24 heavy (non-hydrogen) atoms. The molecule has 0 spiro atoms. The van der Waals surface area contributed by atoms with Gasteiger partial charge in [-0.15, -0.1) is 0 Å². The highest BCUT2D eigenvalue weighted by Gasteiger charge is 2.09. The molecular weight excluding hydrogens is 298 g/mol. The van der Waals surface area contributed by atoms with Gasteiger partial charge in [0.2, 0.25) is 0 Å². The Bertz CT molecular complexity index is 675. The van der Waals surface area contributed by atoms with Crippen LogP contribution in [-0.4, -0.2) is 11.2 Å². The van der Waals surface area contributed by atoms with Crippen molar-refractivity contribution in [1.82, 2.24) is 4.57 Å². The first-order valence-electron chi connectivity index (χ1n) is 9.53. The molecule has 1 aromatic heterocycles. The van der Waals surface area contributed by atoms with Gasteiger partial charge in [0.05, 0.1) is 12.1 Å². The van der Waals surface area contributed by atoms with E-state index in [0.717, 1.165) is 42.5 Å². The summed E-state index contributed by atoms with van der Waals surface area (Å²) < 4.78 is 7.76. The lowest BCUT2D eigenvalue weighted by molar-refractivity contribution is 0.312. The highest BCUT2D eigenvalue weighted by Crippen LogP contribution is 2.24. The molecular formula is C21H31NO2. The fraction of sp³-hybridized carbons (Fsp3) is 0.571. The second-order valence-electron chi connectivity index (χ2n) is 6.49. The summed E-state index contributed by atoms with van der Waals surface area (Å²) in [6.07, 6.45) is 9.49. The van der Waals surface area contributed by atoms with Crippen molar-refractivity contribution in [2.75, 3.05) is 6.61 Å². The lowest BCUT2D eigenvalue weighted by atomic mass is 10.1. The van der Waals surface area contributed by atoms with Crippen molar-refractivity contribution >= 4 is 10.9 Å². The van der Waals surface area contributed by atoms with E-state index in [1.165, 1.54) is 32.1 Å². The van der Waals surface area contributed by atoms with Gasteiger partial charge in [0.15, 0.2) is 0 Å². The Labute approximate surface area is 145 Å². The fourth-order valence-electron chi connectivity index (χ4n) is 3.03. The van der Waals surface area contributed by atoms with E-state index in [1.807, 2.05) is 28.8 Å². The van der Waals surface area contributed by atoms with Crippen molar-refractivity contribution < 1.29 is 4.74 Å². The van der Waals surface area contributed by atoms with Gasteiger partial charge in [-0.25, -0.2) is 0 Å². The topological polar surface area (TPSA) is 31.2 Å². The molecule has 3 nitrogen and oxygen atoms in total. The van der Waals surface area contributed by atoms with Gasteiger partial charge in [-0.3, -0.25) is 4.79 Å². The molecule has 0 aliphatic carbocycles. The molecule has 0 amide bonds. The maximum Gasteiger partial charge on any atom is 0.254 e. The van der Waals surface area contributed by atoms with Gasteiger partial charge in [0, 0.05) is 18.0 Å². The van der Waals surface area contributed by atoms with Gasteiger partial charge in [0.25, 0.3) is 5.56 Å². The molecule has 2 aromatic rings. The number of fused-ring (bicyclic) bond motifs is 1. The number of nitrogens with zero attached hydrogens (tertiary/aromatic N) is 1. The molecule has 0 bridgehead atoms. The SMILES string of the molecule is CCCCCCCCn1c(=O)cc(OCCCC)c2ccccc21. The van der Waals surface area contributed by atoms with Gasteiger partial charge in [-0.2, -0.15) is 0 Å². The molecule has 2 rings (SSSR count). The molecule has 1 aromatic carbocycles. The van der Waals surface area contributed by atoms with Crippen LogP contribution >= 0.6 is 0 Å². The van der Waals surface area contributed by atoms with Crippen LogP contribution < -0.4 is 10.3 Å². The summed E-state index contributed by atoms with van der Waals surface area (Å²) in [6, 6.07) is 9.74. The Kier molecular flexibility index (Phi) is 7.87. The molecule has 0 radical (unpaired) electrons. The summed E-state index contributed by atoms with van der Waals surface area (Å²) in [7, 11) is 0. The smallest absolute Gasteiger partial charge is 0.254 e. The molecule has 0 atom stereocenters. The number of para-hydroxylation sites is 1. The molecule has 3 heteroatoms. The molecule has 0 unspecified atom stereocenters. The summed E-state index contributed by atoms with van der Waals surface area (Å²) in [5.41, 5.74) is 1.04. The first-order chi connectivity index (χ1) is 11.8. The average molecular weight is 329 g/mol. The van der Waals surface area contributed by atoms with Crippen molar-refractivity contribution in [2.24, 2.45) is 0 Å². The number of aromatic nitrogens is 1. The van der Waals surface area contributed by atoms with Gasteiger partial charge < -0.3 is 9.30 Å². The quantitative estimate of drug-likeness (QED) is 0.507. The van der Waals surface area contributed by atoms with Crippen molar-refractivity contribution in [3.8, 4) is 5.75 Å². The zero-order valence-electron chi connectivity index (χ0n) is 15.2. The summed E-state index contributed by atoms with van der Waals surface area (Å²) in [5, 5.41) is 1.04. The predicted octanol–water partition coefficient (Wildman–Crippen LogP) is 5.54. The Morgan fingerprint density at radius 1 is 0.917 bits per heavy atom. The Hall–Kier alpha value is -1.77. The standard InChI is InChI=1S/C21H31NO2/c1-3-5-7-8-9-12-15-22-19-14-11-10-13-18(19)20(17-21(22)23)24-16-6-4-2/h10-11,13-14,17H,3-9,12,15-16H2,1-2H3. The minimum Gasteiger partial charge on any atom is -0.493 e. The normalized spacial score (nSPS) is 11.1. The minimum absolute atomic E-state index is 0.0498. The van der Waals surface area contributed by atoms with Crippen molar-refractivity contribution in [1.29, 1.82) is 0 Å². The van der Waals surface area contributed by atoms with E-state index in [0.29, 0.717) is 6.61 Å². The van der Waals surface area contributed by atoms with Crippen molar-refractivity contribution in [3.63, 3.8) is 0 Å². The Morgan fingerprint density at radius 2 is 1.62 bits per heavy atom. The highest BCUT2D eigenvalue weighted by atomic mass is 16.5. The minimum atomic E-state index is 0.0498. The van der Waals surface area contributed by atoms with E-state index in [4.69, 9.17) is 4.74 Å². The molecule has 0 saturated heterocycles. The van der Waals surface area contributed by atoms with Crippen LogP contribution in [0.5, 0.6) is 5.75 Å². The van der Waals surface area contributed by atoms with E-state index < -0.39 is 0 Å². The van der Waals surface area contributed by atoms with Gasteiger partial charge in [0.1, 0.15) is 5.75 Å². The third-order valence-electron chi connectivity index (χ3n) is 4.47. The number of pyridine rings is 1. The van der Waals surface area contributed by atoms with Crippen LogP contribution in [0.4, 0.5) is 0 Å². The number of unbranched alkanes of at least 4 members (excludes halogenated alkanes) is 6. The first kappa shape index (κ1) is 18.6. The number of aryl methyl sites for hydroxylation is 1. The van der Waals surface area contributed by atoms with E-state index >= 15 is 0 Å². The lowest BCUT2D eigenvalue weighted by Crippen LogP contribution is -2.20.